The molecule has 2 aromatic carbocycles. The molecule has 0 unspecified atom stereocenters. The molecule has 0 aliphatic rings. The van der Waals surface area contributed by atoms with E-state index in [1.54, 1.807) is 0 Å². The summed E-state index contributed by atoms with van der Waals surface area (Å²) in [6.45, 7) is 4.45. The SMILES string of the molecule is Cc1ccc(C)c(NCCC(=O)Nc2ccc(F)c(F)c2)c1. The number of hydrogen-bond donors (Lipinski definition) is 2. The fourth-order valence-electron chi connectivity index (χ4n) is 2.03. The zero-order valence-electron chi connectivity index (χ0n) is 12.5. The van der Waals surface area contributed by atoms with E-state index in [1.807, 2.05) is 32.0 Å². The second-order valence-electron chi connectivity index (χ2n) is 5.17. The number of hydrogen-bond acceptors (Lipinski definition) is 2. The average Bonchev–Trinajstić information content (AvgIpc) is 2.46. The highest BCUT2D eigenvalue weighted by atomic mass is 19.2. The van der Waals surface area contributed by atoms with Gasteiger partial charge in [-0.25, -0.2) is 8.78 Å². The van der Waals surface area contributed by atoms with Crippen LogP contribution in [-0.4, -0.2) is 12.5 Å². The Balaban J connectivity index is 1.85. The Morgan fingerprint density at radius 3 is 2.55 bits per heavy atom. The Hall–Kier alpha value is -2.43. The summed E-state index contributed by atoms with van der Waals surface area (Å²) in [4.78, 5) is 11.8. The lowest BCUT2D eigenvalue weighted by Gasteiger charge is -2.11. The van der Waals surface area contributed by atoms with Gasteiger partial charge in [0.1, 0.15) is 0 Å². The fourth-order valence-corrected chi connectivity index (χ4v) is 2.03. The molecule has 2 rings (SSSR count). The first-order chi connectivity index (χ1) is 10.5. The number of nitrogens with one attached hydrogen (secondary N) is 2. The summed E-state index contributed by atoms with van der Waals surface area (Å²) in [5.74, 6) is -2.18. The third-order valence-electron chi connectivity index (χ3n) is 3.26. The molecule has 0 saturated heterocycles. The molecule has 0 fully saturated rings. The van der Waals surface area contributed by atoms with Crippen molar-refractivity contribution in [2.45, 2.75) is 20.3 Å². The normalized spacial score (nSPS) is 10.4. The number of benzene rings is 2. The molecule has 0 heterocycles. The predicted octanol–water partition coefficient (Wildman–Crippen LogP) is 4.02. The molecule has 0 radical (unpaired) electrons. The van der Waals surface area contributed by atoms with Gasteiger partial charge in [0.05, 0.1) is 0 Å². The number of carbonyl (C=O) groups is 1. The van der Waals surface area contributed by atoms with Crippen LogP contribution >= 0.6 is 0 Å². The molecule has 0 bridgehead atoms. The molecule has 0 saturated carbocycles. The molecule has 22 heavy (non-hydrogen) atoms. The number of amides is 1. The lowest BCUT2D eigenvalue weighted by Crippen LogP contribution is -2.16. The molecular formula is C17H18F2N2O. The Bertz CT molecular complexity index is 686. The van der Waals surface area contributed by atoms with E-state index >= 15 is 0 Å². The molecule has 0 atom stereocenters. The van der Waals surface area contributed by atoms with E-state index in [0.717, 1.165) is 28.9 Å². The van der Waals surface area contributed by atoms with E-state index in [2.05, 4.69) is 10.6 Å². The minimum atomic E-state index is -0.980. The van der Waals surface area contributed by atoms with E-state index in [9.17, 15) is 13.6 Å². The van der Waals surface area contributed by atoms with Gasteiger partial charge in [-0.05, 0) is 43.2 Å². The summed E-state index contributed by atoms with van der Waals surface area (Å²) < 4.78 is 25.8. The van der Waals surface area contributed by atoms with Gasteiger partial charge in [-0.2, -0.15) is 0 Å². The largest absolute Gasteiger partial charge is 0.384 e. The van der Waals surface area contributed by atoms with E-state index in [0.29, 0.717) is 6.54 Å². The Morgan fingerprint density at radius 2 is 1.82 bits per heavy atom. The van der Waals surface area contributed by atoms with Crippen LogP contribution in [0.5, 0.6) is 0 Å². The van der Waals surface area contributed by atoms with Crippen LogP contribution in [0.15, 0.2) is 36.4 Å². The summed E-state index contributed by atoms with van der Waals surface area (Å²) in [6.07, 6.45) is 0.229. The first kappa shape index (κ1) is 15.9. The molecule has 0 spiro atoms. The molecular weight excluding hydrogens is 286 g/mol. The van der Waals surface area contributed by atoms with Gasteiger partial charge in [-0.15, -0.1) is 0 Å². The monoisotopic (exact) mass is 304 g/mol. The molecule has 1 amide bonds. The zero-order valence-corrected chi connectivity index (χ0v) is 12.5. The summed E-state index contributed by atoms with van der Waals surface area (Å²) in [7, 11) is 0. The van der Waals surface area contributed by atoms with Crippen LogP contribution < -0.4 is 10.6 Å². The van der Waals surface area contributed by atoms with E-state index in [-0.39, 0.29) is 18.0 Å². The van der Waals surface area contributed by atoms with Gasteiger partial charge in [-0.1, -0.05) is 12.1 Å². The number of rotatable bonds is 5. The maximum Gasteiger partial charge on any atom is 0.226 e. The van der Waals surface area contributed by atoms with Crippen molar-refractivity contribution in [2.75, 3.05) is 17.2 Å². The third kappa shape index (κ3) is 4.28. The number of anilines is 2. The highest BCUT2D eigenvalue weighted by Crippen LogP contribution is 2.16. The van der Waals surface area contributed by atoms with Crippen molar-refractivity contribution in [3.05, 3.63) is 59.2 Å². The molecule has 116 valence electrons. The van der Waals surface area contributed by atoms with E-state index in [4.69, 9.17) is 0 Å². The summed E-state index contributed by atoms with van der Waals surface area (Å²) >= 11 is 0. The van der Waals surface area contributed by atoms with Crippen LogP contribution in [0.25, 0.3) is 0 Å². The van der Waals surface area contributed by atoms with Crippen molar-refractivity contribution in [3.63, 3.8) is 0 Å². The molecule has 2 N–H and O–H groups in total. The van der Waals surface area contributed by atoms with Crippen molar-refractivity contribution < 1.29 is 13.6 Å². The maximum absolute atomic E-state index is 13.0. The molecule has 5 heteroatoms. The Labute approximate surface area is 128 Å². The maximum atomic E-state index is 13.0. The molecule has 2 aromatic rings. The predicted molar refractivity (Wildman–Crippen MR) is 84.0 cm³/mol. The number of halogens is 2. The molecule has 0 aromatic heterocycles. The summed E-state index contributed by atoms with van der Waals surface area (Å²) in [6, 6.07) is 9.33. The lowest BCUT2D eigenvalue weighted by atomic mass is 10.1. The smallest absolute Gasteiger partial charge is 0.226 e. The number of aryl methyl sites for hydroxylation is 2. The quantitative estimate of drug-likeness (QED) is 0.876. The highest BCUT2D eigenvalue weighted by molar-refractivity contribution is 5.91. The average molecular weight is 304 g/mol. The van der Waals surface area contributed by atoms with Crippen molar-refractivity contribution in [2.24, 2.45) is 0 Å². The first-order valence-corrected chi connectivity index (χ1v) is 7.02. The van der Waals surface area contributed by atoms with Gasteiger partial charge in [0.25, 0.3) is 0 Å². The van der Waals surface area contributed by atoms with E-state index in [1.165, 1.54) is 6.07 Å². The van der Waals surface area contributed by atoms with Gasteiger partial charge < -0.3 is 10.6 Å². The highest BCUT2D eigenvalue weighted by Gasteiger charge is 2.06. The van der Waals surface area contributed by atoms with Crippen molar-refractivity contribution in [1.29, 1.82) is 0 Å². The molecule has 3 nitrogen and oxygen atoms in total. The van der Waals surface area contributed by atoms with Gasteiger partial charge >= 0.3 is 0 Å². The topological polar surface area (TPSA) is 41.1 Å². The second kappa shape index (κ2) is 7.02. The van der Waals surface area contributed by atoms with E-state index < -0.39 is 11.6 Å². The van der Waals surface area contributed by atoms with Crippen LogP contribution in [0.2, 0.25) is 0 Å². The van der Waals surface area contributed by atoms with Crippen LogP contribution in [0.1, 0.15) is 17.5 Å². The third-order valence-corrected chi connectivity index (χ3v) is 3.26. The summed E-state index contributed by atoms with van der Waals surface area (Å²) in [5.41, 5.74) is 3.47. The van der Waals surface area contributed by atoms with Crippen molar-refractivity contribution >= 4 is 17.3 Å². The van der Waals surface area contributed by atoms with Crippen LogP contribution in [0.3, 0.4) is 0 Å². The second-order valence-corrected chi connectivity index (χ2v) is 5.17. The minimum Gasteiger partial charge on any atom is -0.384 e. The zero-order chi connectivity index (χ0) is 16.1. The molecule has 0 aliphatic heterocycles. The first-order valence-electron chi connectivity index (χ1n) is 7.02. The van der Waals surface area contributed by atoms with Gasteiger partial charge in [-0.3, -0.25) is 4.79 Å². The number of carbonyl (C=O) groups excluding carboxylic acids is 1. The van der Waals surface area contributed by atoms with Gasteiger partial charge in [0.2, 0.25) is 5.91 Å². The van der Waals surface area contributed by atoms with Crippen LogP contribution in [0.4, 0.5) is 20.2 Å². The van der Waals surface area contributed by atoms with Crippen LogP contribution in [-0.2, 0) is 4.79 Å². The minimum absolute atomic E-state index is 0.229. The summed E-state index contributed by atoms with van der Waals surface area (Å²) in [5, 5.41) is 5.73. The van der Waals surface area contributed by atoms with Gasteiger partial charge in [0.15, 0.2) is 11.6 Å². The van der Waals surface area contributed by atoms with Crippen molar-refractivity contribution in [1.82, 2.24) is 0 Å². The Kier molecular flexibility index (Phi) is 5.09. The Morgan fingerprint density at radius 1 is 1.05 bits per heavy atom. The standard InChI is InChI=1S/C17H18F2N2O/c1-11-3-4-12(2)16(9-11)20-8-7-17(22)21-13-5-6-14(18)15(19)10-13/h3-6,9-10,20H,7-8H2,1-2H3,(H,21,22). The van der Waals surface area contributed by atoms with Crippen LogP contribution in [0, 0.1) is 25.5 Å². The fraction of sp³-hybridized carbons (Fsp3) is 0.235. The van der Waals surface area contributed by atoms with Gasteiger partial charge in [0, 0.05) is 30.4 Å². The molecule has 0 aliphatic carbocycles. The van der Waals surface area contributed by atoms with Crippen molar-refractivity contribution in [3.8, 4) is 0 Å². The lowest BCUT2D eigenvalue weighted by molar-refractivity contribution is -0.115.